The van der Waals surface area contributed by atoms with E-state index in [1.807, 2.05) is 43.3 Å². The summed E-state index contributed by atoms with van der Waals surface area (Å²) in [6, 6.07) is 13.0. The lowest BCUT2D eigenvalue weighted by atomic mass is 10.2. The summed E-state index contributed by atoms with van der Waals surface area (Å²) >= 11 is 2.61. The fraction of sp³-hybridized carbons (Fsp3) is 0.333. The van der Waals surface area contributed by atoms with E-state index in [1.54, 1.807) is 11.0 Å². The summed E-state index contributed by atoms with van der Waals surface area (Å²) in [6.45, 7) is 3.64. The highest BCUT2D eigenvalue weighted by atomic mass is 32.2. The van der Waals surface area contributed by atoms with Crippen molar-refractivity contribution in [1.82, 2.24) is 9.88 Å². The predicted molar refractivity (Wildman–Crippen MR) is 134 cm³/mol. The van der Waals surface area contributed by atoms with Gasteiger partial charge in [0.25, 0.3) is 5.91 Å². The molecule has 1 saturated heterocycles. The summed E-state index contributed by atoms with van der Waals surface area (Å²) < 4.78 is 6.43. The molecule has 2 aromatic carbocycles. The van der Waals surface area contributed by atoms with Gasteiger partial charge >= 0.3 is 0 Å². The Hall–Kier alpha value is -3.11. The summed E-state index contributed by atoms with van der Waals surface area (Å²) in [7, 11) is 0. The van der Waals surface area contributed by atoms with Crippen LogP contribution >= 0.6 is 23.1 Å². The number of thiazole rings is 1. The number of nitrogens with zero attached hydrogens (tertiary/aromatic N) is 3. The smallest absolute Gasteiger partial charge is 0.250 e. The van der Waals surface area contributed by atoms with Gasteiger partial charge in [0.2, 0.25) is 11.8 Å². The lowest BCUT2D eigenvalue weighted by Gasteiger charge is -2.34. The van der Waals surface area contributed by atoms with Crippen LogP contribution in [0, 0.1) is 0 Å². The van der Waals surface area contributed by atoms with Crippen LogP contribution in [0.15, 0.2) is 47.4 Å². The Balaban J connectivity index is 1.34. The number of likely N-dealkylation sites (tertiary alicyclic amines) is 1. The second-order valence-electron chi connectivity index (χ2n) is 8.05. The van der Waals surface area contributed by atoms with Gasteiger partial charge in [0, 0.05) is 18.0 Å². The zero-order chi connectivity index (χ0) is 23.7. The van der Waals surface area contributed by atoms with Gasteiger partial charge < -0.3 is 19.9 Å². The van der Waals surface area contributed by atoms with Crippen LogP contribution in [0.3, 0.4) is 0 Å². The molecule has 1 fully saturated rings. The van der Waals surface area contributed by atoms with Gasteiger partial charge in [0.1, 0.15) is 12.3 Å². The van der Waals surface area contributed by atoms with E-state index in [-0.39, 0.29) is 24.3 Å². The number of carbonyl (C=O) groups is 3. The molecule has 0 aliphatic carbocycles. The molecule has 0 saturated carbocycles. The standard InChI is InChI=1S/C24H24N4O4S2/c1-2-32-15-9-10-16-19(13-15)34-24(25-16)26-20(29)14-28-17-7-3-4-8-18(17)33-21(23(28)31)22(30)27-11-5-6-12-27/h3-4,7-10,13,21H,2,5-6,11-12,14H2,1H3,(H,25,26,29)/t21-/m0/s1. The molecule has 3 aromatic rings. The monoisotopic (exact) mass is 496 g/mol. The normalized spacial score (nSPS) is 17.7. The zero-order valence-corrected chi connectivity index (χ0v) is 20.3. The highest BCUT2D eigenvalue weighted by Gasteiger charge is 2.41. The van der Waals surface area contributed by atoms with Gasteiger partial charge in [-0.05, 0) is 50.1 Å². The van der Waals surface area contributed by atoms with Crippen molar-refractivity contribution in [3.05, 3.63) is 42.5 Å². The maximum Gasteiger partial charge on any atom is 0.250 e. The molecule has 2 aliphatic heterocycles. The lowest BCUT2D eigenvalue weighted by Crippen LogP contribution is -2.51. The van der Waals surface area contributed by atoms with Gasteiger partial charge in [0.05, 0.1) is 22.5 Å². The van der Waals surface area contributed by atoms with Gasteiger partial charge in [-0.15, -0.1) is 11.8 Å². The molecule has 2 aliphatic rings. The van der Waals surface area contributed by atoms with Gasteiger partial charge in [-0.1, -0.05) is 23.5 Å². The Bertz CT molecular complexity index is 1250. The maximum absolute atomic E-state index is 13.4. The average molecular weight is 497 g/mol. The number of para-hydroxylation sites is 1. The Morgan fingerprint density at radius 3 is 2.76 bits per heavy atom. The number of rotatable bonds is 6. The molecule has 8 nitrogen and oxygen atoms in total. The van der Waals surface area contributed by atoms with Gasteiger partial charge in [-0.3, -0.25) is 14.4 Å². The maximum atomic E-state index is 13.4. The van der Waals surface area contributed by atoms with Gasteiger partial charge in [-0.2, -0.15) is 0 Å². The molecule has 3 heterocycles. The number of ether oxygens (including phenoxy) is 1. The summed E-state index contributed by atoms with van der Waals surface area (Å²) in [6.07, 6.45) is 1.91. The molecular formula is C24H24N4O4S2. The van der Waals surface area contributed by atoms with E-state index in [4.69, 9.17) is 4.74 Å². The number of amides is 3. The molecule has 3 amide bonds. The van der Waals surface area contributed by atoms with Crippen LogP contribution in [0.5, 0.6) is 5.75 Å². The van der Waals surface area contributed by atoms with E-state index in [0.29, 0.717) is 30.5 Å². The van der Waals surface area contributed by atoms with E-state index >= 15 is 0 Å². The molecule has 1 atom stereocenters. The van der Waals surface area contributed by atoms with Crippen molar-refractivity contribution in [3.63, 3.8) is 0 Å². The summed E-state index contributed by atoms with van der Waals surface area (Å²) in [5.41, 5.74) is 1.40. The minimum atomic E-state index is -0.875. The third-order valence-electron chi connectivity index (χ3n) is 5.75. The minimum Gasteiger partial charge on any atom is -0.494 e. The van der Waals surface area contributed by atoms with Crippen LogP contribution in [0.25, 0.3) is 10.2 Å². The van der Waals surface area contributed by atoms with E-state index in [2.05, 4.69) is 10.3 Å². The largest absolute Gasteiger partial charge is 0.494 e. The Morgan fingerprint density at radius 1 is 1.18 bits per heavy atom. The molecule has 0 bridgehead atoms. The molecule has 5 rings (SSSR count). The number of nitrogens with one attached hydrogen (secondary N) is 1. The Kier molecular flexibility index (Phi) is 6.42. The topological polar surface area (TPSA) is 91.8 Å². The van der Waals surface area contributed by atoms with E-state index in [9.17, 15) is 14.4 Å². The van der Waals surface area contributed by atoms with E-state index < -0.39 is 5.25 Å². The molecule has 0 radical (unpaired) electrons. The Morgan fingerprint density at radius 2 is 1.97 bits per heavy atom. The molecule has 176 valence electrons. The third-order valence-corrected chi connectivity index (χ3v) is 7.92. The number of thioether (sulfide) groups is 1. The van der Waals surface area contributed by atoms with Crippen molar-refractivity contribution >= 4 is 61.9 Å². The molecule has 1 N–H and O–H groups in total. The lowest BCUT2D eigenvalue weighted by molar-refractivity contribution is -0.134. The van der Waals surface area contributed by atoms with Gasteiger partial charge in [0.15, 0.2) is 10.4 Å². The minimum absolute atomic E-state index is 0.177. The first kappa shape index (κ1) is 22.7. The van der Waals surface area contributed by atoms with Crippen LogP contribution < -0.4 is 15.0 Å². The van der Waals surface area contributed by atoms with E-state index in [1.165, 1.54) is 28.0 Å². The zero-order valence-electron chi connectivity index (χ0n) is 18.7. The molecule has 1 aromatic heterocycles. The summed E-state index contributed by atoms with van der Waals surface area (Å²) in [5.74, 6) is -0.158. The number of anilines is 2. The van der Waals surface area contributed by atoms with Crippen LogP contribution in [-0.2, 0) is 14.4 Å². The second-order valence-corrected chi connectivity index (χ2v) is 10.2. The number of hydrogen-bond acceptors (Lipinski definition) is 7. The molecule has 34 heavy (non-hydrogen) atoms. The second kappa shape index (κ2) is 9.63. The first-order chi connectivity index (χ1) is 16.5. The average Bonchev–Trinajstić information content (AvgIpc) is 3.50. The molecule has 0 unspecified atom stereocenters. The fourth-order valence-corrected chi connectivity index (χ4v) is 6.26. The summed E-state index contributed by atoms with van der Waals surface area (Å²) in [4.78, 5) is 47.8. The van der Waals surface area contributed by atoms with Crippen molar-refractivity contribution in [2.24, 2.45) is 0 Å². The van der Waals surface area contributed by atoms with Crippen LogP contribution in [-0.4, -0.2) is 59.1 Å². The molecule has 0 spiro atoms. The molecular weight excluding hydrogens is 472 g/mol. The molecule has 10 heteroatoms. The first-order valence-electron chi connectivity index (χ1n) is 11.2. The van der Waals surface area contributed by atoms with Crippen LogP contribution in [0.2, 0.25) is 0 Å². The third kappa shape index (κ3) is 4.47. The number of fused-ring (bicyclic) bond motifs is 2. The highest BCUT2D eigenvalue weighted by molar-refractivity contribution is 8.01. The van der Waals surface area contributed by atoms with Crippen molar-refractivity contribution in [2.45, 2.75) is 29.9 Å². The van der Waals surface area contributed by atoms with Crippen LogP contribution in [0.1, 0.15) is 19.8 Å². The predicted octanol–water partition coefficient (Wildman–Crippen LogP) is 3.76. The highest BCUT2D eigenvalue weighted by Crippen LogP contribution is 2.40. The number of aromatic nitrogens is 1. The summed E-state index contributed by atoms with van der Waals surface area (Å²) in [5, 5.41) is 2.39. The fourth-order valence-electron chi connectivity index (χ4n) is 4.16. The van der Waals surface area contributed by atoms with E-state index in [0.717, 1.165) is 33.7 Å². The van der Waals surface area contributed by atoms with Crippen molar-refractivity contribution < 1.29 is 19.1 Å². The quantitative estimate of drug-likeness (QED) is 0.523. The first-order valence-corrected chi connectivity index (χ1v) is 12.9. The Labute approximate surface area is 205 Å². The number of carbonyl (C=O) groups excluding carboxylic acids is 3. The number of hydrogen-bond donors (Lipinski definition) is 1. The van der Waals surface area contributed by atoms with Crippen molar-refractivity contribution in [1.29, 1.82) is 0 Å². The van der Waals surface area contributed by atoms with Crippen LogP contribution in [0.4, 0.5) is 10.8 Å². The van der Waals surface area contributed by atoms with Crippen molar-refractivity contribution in [2.75, 3.05) is 36.5 Å². The SMILES string of the molecule is CCOc1ccc2nc(NC(=O)CN3C(=O)[C@H](C(=O)N4CCCC4)Sc4ccccc43)sc2c1. The van der Waals surface area contributed by atoms with Crippen molar-refractivity contribution in [3.8, 4) is 5.75 Å². The van der Waals surface area contributed by atoms with Gasteiger partial charge in [-0.25, -0.2) is 4.98 Å². The number of benzene rings is 2.